The fourth-order valence-corrected chi connectivity index (χ4v) is 2.09. The van der Waals surface area contributed by atoms with E-state index < -0.39 is 0 Å². The van der Waals surface area contributed by atoms with Crippen molar-refractivity contribution in [3.63, 3.8) is 0 Å². The van der Waals surface area contributed by atoms with Gasteiger partial charge >= 0.3 is 0 Å². The van der Waals surface area contributed by atoms with Gasteiger partial charge in [-0.25, -0.2) is 0 Å². The Morgan fingerprint density at radius 2 is 2.00 bits per heavy atom. The van der Waals surface area contributed by atoms with Gasteiger partial charge in [0.2, 0.25) is 6.79 Å². The summed E-state index contributed by atoms with van der Waals surface area (Å²) in [5.41, 5.74) is 0. The summed E-state index contributed by atoms with van der Waals surface area (Å²) in [6.07, 6.45) is 0. The van der Waals surface area contributed by atoms with Crippen LogP contribution in [0.4, 0.5) is 0 Å². The molecule has 1 aliphatic heterocycles. The molecule has 1 aliphatic rings. The number of benzene rings is 1. The lowest BCUT2D eigenvalue weighted by molar-refractivity contribution is 0.174. The second-order valence-electron chi connectivity index (χ2n) is 3.18. The first-order chi connectivity index (χ1) is 6.25. The lowest BCUT2D eigenvalue weighted by atomic mass is 10.3. The molecule has 0 fully saturated rings. The van der Waals surface area contributed by atoms with E-state index in [2.05, 4.69) is 19.9 Å². The Labute approximate surface area is 82.2 Å². The fraction of sp³-hybridized carbons (Fsp3) is 0.400. The second-order valence-corrected chi connectivity index (χ2v) is 4.83. The minimum Gasteiger partial charge on any atom is -0.454 e. The van der Waals surface area contributed by atoms with E-state index in [9.17, 15) is 0 Å². The van der Waals surface area contributed by atoms with Crippen molar-refractivity contribution < 1.29 is 9.47 Å². The number of ether oxygens (including phenoxy) is 2. The second kappa shape index (κ2) is 3.50. The molecule has 0 aliphatic carbocycles. The van der Waals surface area contributed by atoms with E-state index >= 15 is 0 Å². The van der Waals surface area contributed by atoms with E-state index in [0.29, 0.717) is 12.0 Å². The van der Waals surface area contributed by atoms with Crippen LogP contribution in [0.5, 0.6) is 11.5 Å². The van der Waals surface area contributed by atoms with Crippen molar-refractivity contribution in [2.45, 2.75) is 24.0 Å². The van der Waals surface area contributed by atoms with Crippen molar-refractivity contribution >= 4 is 11.8 Å². The molecule has 0 atom stereocenters. The van der Waals surface area contributed by atoms with Crippen molar-refractivity contribution in [2.75, 3.05) is 6.79 Å². The van der Waals surface area contributed by atoms with E-state index in [1.807, 2.05) is 23.9 Å². The average molecular weight is 196 g/mol. The van der Waals surface area contributed by atoms with Gasteiger partial charge in [0.1, 0.15) is 0 Å². The summed E-state index contributed by atoms with van der Waals surface area (Å²) in [6.45, 7) is 4.70. The zero-order valence-electron chi connectivity index (χ0n) is 7.74. The summed E-state index contributed by atoms with van der Waals surface area (Å²) in [7, 11) is 0. The molecule has 1 aromatic rings. The van der Waals surface area contributed by atoms with Crippen LogP contribution in [0.2, 0.25) is 0 Å². The van der Waals surface area contributed by atoms with Gasteiger partial charge in [-0.15, -0.1) is 11.8 Å². The van der Waals surface area contributed by atoms with Gasteiger partial charge in [0.15, 0.2) is 11.5 Å². The number of thioether (sulfide) groups is 1. The zero-order valence-corrected chi connectivity index (χ0v) is 8.56. The summed E-state index contributed by atoms with van der Waals surface area (Å²) in [5, 5.41) is 0.598. The van der Waals surface area contributed by atoms with Crippen molar-refractivity contribution in [2.24, 2.45) is 0 Å². The zero-order chi connectivity index (χ0) is 9.26. The van der Waals surface area contributed by atoms with E-state index in [4.69, 9.17) is 9.47 Å². The molecule has 0 N–H and O–H groups in total. The topological polar surface area (TPSA) is 18.5 Å². The monoisotopic (exact) mass is 196 g/mol. The van der Waals surface area contributed by atoms with E-state index in [1.54, 1.807) is 0 Å². The van der Waals surface area contributed by atoms with Crippen molar-refractivity contribution in [1.82, 2.24) is 0 Å². The number of fused-ring (bicyclic) bond motifs is 1. The molecule has 0 saturated carbocycles. The predicted octanol–water partition coefficient (Wildman–Crippen LogP) is 2.92. The molecule has 13 heavy (non-hydrogen) atoms. The SMILES string of the molecule is CC(C)Sc1ccc2c(c1)OCO2. The third-order valence-electron chi connectivity index (χ3n) is 1.72. The molecule has 1 heterocycles. The highest BCUT2D eigenvalue weighted by atomic mass is 32.2. The maximum atomic E-state index is 5.29. The fourth-order valence-electron chi connectivity index (χ4n) is 1.22. The first-order valence-electron chi connectivity index (χ1n) is 4.32. The van der Waals surface area contributed by atoms with Crippen LogP contribution in [0.3, 0.4) is 0 Å². The van der Waals surface area contributed by atoms with Crippen molar-refractivity contribution in [1.29, 1.82) is 0 Å². The third-order valence-corrected chi connectivity index (χ3v) is 2.71. The van der Waals surface area contributed by atoms with Gasteiger partial charge in [0.05, 0.1) is 0 Å². The summed E-state index contributed by atoms with van der Waals surface area (Å²) in [6, 6.07) is 6.07. The van der Waals surface area contributed by atoms with Crippen molar-refractivity contribution in [3.8, 4) is 11.5 Å². The maximum absolute atomic E-state index is 5.29. The summed E-state index contributed by atoms with van der Waals surface area (Å²) < 4.78 is 10.5. The highest BCUT2D eigenvalue weighted by molar-refractivity contribution is 7.99. The standard InChI is InChI=1S/C10H12O2S/c1-7(2)13-8-3-4-9-10(5-8)12-6-11-9/h3-5,7H,6H2,1-2H3. The van der Waals surface area contributed by atoms with Gasteiger partial charge in [-0.05, 0) is 18.2 Å². The van der Waals surface area contributed by atoms with Gasteiger partial charge in [-0.2, -0.15) is 0 Å². The molecule has 1 aromatic carbocycles. The largest absolute Gasteiger partial charge is 0.454 e. The molecule has 0 aromatic heterocycles. The van der Waals surface area contributed by atoms with Crippen molar-refractivity contribution in [3.05, 3.63) is 18.2 Å². The molecular weight excluding hydrogens is 184 g/mol. The molecule has 3 heteroatoms. The summed E-state index contributed by atoms with van der Waals surface area (Å²) in [4.78, 5) is 1.24. The highest BCUT2D eigenvalue weighted by Gasteiger charge is 2.13. The predicted molar refractivity (Wildman–Crippen MR) is 53.6 cm³/mol. The first kappa shape index (κ1) is 8.75. The average Bonchev–Trinajstić information content (AvgIpc) is 2.49. The molecule has 0 spiro atoms. The van der Waals surface area contributed by atoms with Crippen LogP contribution in [-0.2, 0) is 0 Å². The van der Waals surface area contributed by atoms with Crippen LogP contribution in [0.15, 0.2) is 23.1 Å². The van der Waals surface area contributed by atoms with Gasteiger partial charge in [-0.3, -0.25) is 0 Å². The normalized spacial score (nSPS) is 13.8. The van der Waals surface area contributed by atoms with Gasteiger partial charge in [0, 0.05) is 10.1 Å². The molecule has 0 radical (unpaired) electrons. The Balaban J connectivity index is 2.21. The van der Waals surface area contributed by atoms with Gasteiger partial charge in [0.25, 0.3) is 0 Å². The third kappa shape index (κ3) is 1.91. The smallest absolute Gasteiger partial charge is 0.231 e. The van der Waals surface area contributed by atoms with E-state index in [-0.39, 0.29) is 0 Å². The van der Waals surface area contributed by atoms with Crippen LogP contribution >= 0.6 is 11.8 Å². The van der Waals surface area contributed by atoms with E-state index in [1.165, 1.54) is 4.90 Å². The molecule has 0 bridgehead atoms. The van der Waals surface area contributed by atoms with Gasteiger partial charge < -0.3 is 9.47 Å². The molecule has 2 nitrogen and oxygen atoms in total. The van der Waals surface area contributed by atoms with Gasteiger partial charge in [-0.1, -0.05) is 13.8 Å². The minimum absolute atomic E-state index is 0.352. The lowest BCUT2D eigenvalue weighted by Crippen LogP contribution is -1.92. The van der Waals surface area contributed by atoms with Crippen LogP contribution in [-0.4, -0.2) is 12.0 Å². The highest BCUT2D eigenvalue weighted by Crippen LogP contribution is 2.36. The molecule has 0 unspecified atom stereocenters. The Morgan fingerprint density at radius 1 is 1.23 bits per heavy atom. The maximum Gasteiger partial charge on any atom is 0.231 e. The summed E-state index contributed by atoms with van der Waals surface area (Å²) in [5.74, 6) is 1.72. The number of hydrogen-bond donors (Lipinski definition) is 0. The number of rotatable bonds is 2. The molecule has 70 valence electrons. The van der Waals surface area contributed by atoms with E-state index in [0.717, 1.165) is 11.5 Å². The molecule has 0 saturated heterocycles. The summed E-state index contributed by atoms with van der Waals surface area (Å²) >= 11 is 1.83. The quantitative estimate of drug-likeness (QED) is 0.677. The Kier molecular flexibility index (Phi) is 2.36. The van der Waals surface area contributed by atoms with Crippen LogP contribution in [0, 0.1) is 0 Å². The lowest BCUT2D eigenvalue weighted by Gasteiger charge is -2.04. The van der Waals surface area contributed by atoms with Crippen LogP contribution < -0.4 is 9.47 Å². The Bertz CT molecular complexity index is 310. The molecule has 2 rings (SSSR count). The Hall–Kier alpha value is -0.830. The van der Waals surface area contributed by atoms with Crippen LogP contribution in [0.1, 0.15) is 13.8 Å². The molecular formula is C10H12O2S. The van der Waals surface area contributed by atoms with Crippen LogP contribution in [0.25, 0.3) is 0 Å². The minimum atomic E-state index is 0.352. The molecule has 0 amide bonds. The number of hydrogen-bond acceptors (Lipinski definition) is 3. The Morgan fingerprint density at radius 3 is 2.77 bits per heavy atom. The first-order valence-corrected chi connectivity index (χ1v) is 5.20.